The SMILES string of the molecule is CC(CNc1cc(Cl)ccc1Br)C(N)=O. The van der Waals surface area contributed by atoms with E-state index in [2.05, 4.69) is 21.2 Å². The minimum Gasteiger partial charge on any atom is -0.383 e. The minimum absolute atomic E-state index is 0.212. The van der Waals surface area contributed by atoms with E-state index in [0.29, 0.717) is 11.6 Å². The molecular formula is C10H12BrClN2O. The molecule has 1 amide bonds. The first-order chi connectivity index (χ1) is 7.00. The molecule has 1 aromatic rings. The lowest BCUT2D eigenvalue weighted by Crippen LogP contribution is -2.26. The van der Waals surface area contributed by atoms with Crippen LogP contribution in [-0.2, 0) is 4.79 Å². The van der Waals surface area contributed by atoms with Gasteiger partial charge in [0.2, 0.25) is 5.91 Å². The summed E-state index contributed by atoms with van der Waals surface area (Å²) in [6.45, 7) is 2.27. The molecule has 5 heteroatoms. The molecule has 0 aliphatic rings. The van der Waals surface area contributed by atoms with E-state index in [0.717, 1.165) is 10.2 Å². The van der Waals surface area contributed by atoms with Crippen molar-refractivity contribution in [3.8, 4) is 0 Å². The maximum Gasteiger partial charge on any atom is 0.222 e. The summed E-state index contributed by atoms with van der Waals surface area (Å²) < 4.78 is 0.906. The predicted octanol–water partition coefficient (Wildman–Crippen LogP) is 2.64. The van der Waals surface area contributed by atoms with Crippen LogP contribution in [0, 0.1) is 5.92 Å². The molecule has 0 saturated heterocycles. The van der Waals surface area contributed by atoms with Crippen molar-refractivity contribution in [1.29, 1.82) is 0 Å². The maximum absolute atomic E-state index is 10.8. The third kappa shape index (κ3) is 3.72. The van der Waals surface area contributed by atoms with Crippen LogP contribution in [0.1, 0.15) is 6.92 Å². The Morgan fingerprint density at radius 3 is 2.93 bits per heavy atom. The quantitative estimate of drug-likeness (QED) is 0.896. The number of carbonyl (C=O) groups is 1. The average molecular weight is 292 g/mol. The molecular weight excluding hydrogens is 279 g/mol. The molecule has 1 unspecified atom stereocenters. The van der Waals surface area contributed by atoms with Crippen molar-refractivity contribution >= 4 is 39.1 Å². The van der Waals surface area contributed by atoms with E-state index in [1.165, 1.54) is 0 Å². The normalized spacial score (nSPS) is 12.2. The van der Waals surface area contributed by atoms with Crippen LogP contribution in [0.15, 0.2) is 22.7 Å². The fraction of sp³-hybridized carbons (Fsp3) is 0.300. The summed E-state index contributed by atoms with van der Waals surface area (Å²) in [6, 6.07) is 5.42. The highest BCUT2D eigenvalue weighted by atomic mass is 79.9. The minimum atomic E-state index is -0.319. The number of halogens is 2. The molecule has 0 saturated carbocycles. The number of carbonyl (C=O) groups excluding carboxylic acids is 1. The van der Waals surface area contributed by atoms with Crippen LogP contribution in [-0.4, -0.2) is 12.5 Å². The van der Waals surface area contributed by atoms with Crippen molar-refractivity contribution < 1.29 is 4.79 Å². The second-order valence-electron chi connectivity index (χ2n) is 3.31. The smallest absolute Gasteiger partial charge is 0.222 e. The largest absolute Gasteiger partial charge is 0.383 e. The Morgan fingerprint density at radius 1 is 1.67 bits per heavy atom. The molecule has 0 aromatic heterocycles. The molecule has 1 rings (SSSR count). The zero-order chi connectivity index (χ0) is 11.4. The van der Waals surface area contributed by atoms with Gasteiger partial charge in [-0.2, -0.15) is 0 Å². The first kappa shape index (κ1) is 12.3. The molecule has 0 radical (unpaired) electrons. The van der Waals surface area contributed by atoms with Crippen molar-refractivity contribution in [2.45, 2.75) is 6.92 Å². The Balaban J connectivity index is 2.65. The predicted molar refractivity (Wildman–Crippen MR) is 66.0 cm³/mol. The number of benzene rings is 1. The van der Waals surface area contributed by atoms with Crippen LogP contribution >= 0.6 is 27.5 Å². The van der Waals surface area contributed by atoms with E-state index >= 15 is 0 Å². The van der Waals surface area contributed by atoms with Crippen molar-refractivity contribution in [1.82, 2.24) is 0 Å². The van der Waals surface area contributed by atoms with Crippen LogP contribution < -0.4 is 11.1 Å². The summed E-state index contributed by atoms with van der Waals surface area (Å²) in [7, 11) is 0. The highest BCUT2D eigenvalue weighted by molar-refractivity contribution is 9.10. The highest BCUT2D eigenvalue weighted by Gasteiger charge is 2.09. The van der Waals surface area contributed by atoms with Crippen molar-refractivity contribution in [3.05, 3.63) is 27.7 Å². The molecule has 1 aromatic carbocycles. The molecule has 0 aliphatic heterocycles. The number of nitrogens with two attached hydrogens (primary N) is 1. The van der Waals surface area contributed by atoms with Crippen LogP contribution in [0.3, 0.4) is 0 Å². The van der Waals surface area contributed by atoms with Crippen LogP contribution in [0.25, 0.3) is 0 Å². The Kier molecular flexibility index (Phi) is 4.42. The van der Waals surface area contributed by atoms with Gasteiger partial charge in [-0.1, -0.05) is 18.5 Å². The van der Waals surface area contributed by atoms with Crippen molar-refractivity contribution in [3.63, 3.8) is 0 Å². The number of nitrogens with one attached hydrogen (secondary N) is 1. The molecule has 15 heavy (non-hydrogen) atoms. The molecule has 0 spiro atoms. The summed E-state index contributed by atoms with van der Waals surface area (Å²) in [4.78, 5) is 10.8. The molecule has 82 valence electrons. The number of hydrogen-bond donors (Lipinski definition) is 2. The number of amides is 1. The fourth-order valence-electron chi connectivity index (χ4n) is 0.997. The Morgan fingerprint density at radius 2 is 2.33 bits per heavy atom. The van der Waals surface area contributed by atoms with E-state index in [9.17, 15) is 4.79 Å². The first-order valence-corrected chi connectivity index (χ1v) is 5.66. The van der Waals surface area contributed by atoms with Gasteiger partial charge in [0, 0.05) is 21.7 Å². The zero-order valence-electron chi connectivity index (χ0n) is 8.26. The second-order valence-corrected chi connectivity index (χ2v) is 4.60. The molecule has 1 atom stereocenters. The lowest BCUT2D eigenvalue weighted by atomic mass is 10.1. The van der Waals surface area contributed by atoms with Gasteiger partial charge in [-0.15, -0.1) is 0 Å². The molecule has 0 heterocycles. The van der Waals surface area contributed by atoms with Crippen molar-refractivity contribution in [2.24, 2.45) is 11.7 Å². The van der Waals surface area contributed by atoms with Crippen LogP contribution in [0.4, 0.5) is 5.69 Å². The Hall–Kier alpha value is -0.740. The van der Waals surface area contributed by atoms with Gasteiger partial charge in [-0.25, -0.2) is 0 Å². The van der Waals surface area contributed by atoms with Gasteiger partial charge in [0.05, 0.1) is 5.92 Å². The molecule has 0 bridgehead atoms. The third-order valence-electron chi connectivity index (χ3n) is 2.01. The molecule has 3 nitrogen and oxygen atoms in total. The first-order valence-electron chi connectivity index (χ1n) is 4.49. The number of primary amides is 1. The van der Waals surface area contributed by atoms with E-state index in [-0.39, 0.29) is 11.8 Å². The average Bonchev–Trinajstić information content (AvgIpc) is 2.18. The lowest BCUT2D eigenvalue weighted by Gasteiger charge is -2.11. The van der Waals surface area contributed by atoms with E-state index in [1.807, 2.05) is 6.07 Å². The number of rotatable bonds is 4. The van der Waals surface area contributed by atoms with E-state index < -0.39 is 0 Å². The van der Waals surface area contributed by atoms with Gasteiger partial charge < -0.3 is 11.1 Å². The van der Waals surface area contributed by atoms with E-state index in [1.54, 1.807) is 19.1 Å². The van der Waals surface area contributed by atoms with Gasteiger partial charge >= 0.3 is 0 Å². The lowest BCUT2D eigenvalue weighted by molar-refractivity contribution is -0.120. The monoisotopic (exact) mass is 290 g/mol. The Labute approximate surface area is 102 Å². The van der Waals surface area contributed by atoms with Gasteiger partial charge in [0.25, 0.3) is 0 Å². The van der Waals surface area contributed by atoms with Crippen LogP contribution in [0.5, 0.6) is 0 Å². The van der Waals surface area contributed by atoms with Crippen molar-refractivity contribution in [2.75, 3.05) is 11.9 Å². The summed E-state index contributed by atoms with van der Waals surface area (Å²) in [5, 5.41) is 3.75. The summed E-state index contributed by atoms with van der Waals surface area (Å²) in [6.07, 6.45) is 0. The summed E-state index contributed by atoms with van der Waals surface area (Å²) >= 11 is 9.22. The molecule has 3 N–H and O–H groups in total. The standard InChI is InChI=1S/C10H12BrClN2O/c1-6(10(13)15)5-14-9-4-7(12)2-3-8(9)11/h2-4,6,14H,5H2,1H3,(H2,13,15). The second kappa shape index (κ2) is 5.37. The maximum atomic E-state index is 10.8. The topological polar surface area (TPSA) is 55.1 Å². The number of anilines is 1. The summed E-state index contributed by atoms with van der Waals surface area (Å²) in [5.74, 6) is -0.531. The van der Waals surface area contributed by atoms with Gasteiger partial charge in [-0.3, -0.25) is 4.79 Å². The van der Waals surface area contributed by atoms with Gasteiger partial charge in [0.15, 0.2) is 0 Å². The molecule has 0 fully saturated rings. The van der Waals surface area contributed by atoms with Gasteiger partial charge in [0.1, 0.15) is 0 Å². The third-order valence-corrected chi connectivity index (χ3v) is 2.94. The Bertz CT molecular complexity index is 370. The fourth-order valence-corrected chi connectivity index (χ4v) is 1.56. The van der Waals surface area contributed by atoms with Crippen LogP contribution in [0.2, 0.25) is 5.02 Å². The summed E-state index contributed by atoms with van der Waals surface area (Å²) in [5.41, 5.74) is 6.01. The zero-order valence-corrected chi connectivity index (χ0v) is 10.6. The van der Waals surface area contributed by atoms with E-state index in [4.69, 9.17) is 17.3 Å². The molecule has 0 aliphatic carbocycles. The highest BCUT2D eigenvalue weighted by Crippen LogP contribution is 2.25. The number of hydrogen-bond acceptors (Lipinski definition) is 2. The van der Waals surface area contributed by atoms with Gasteiger partial charge in [-0.05, 0) is 34.1 Å².